The van der Waals surface area contributed by atoms with Gasteiger partial charge in [0, 0.05) is 37.9 Å². The average molecular weight is 550 g/mol. The molecule has 214 valence electrons. The van der Waals surface area contributed by atoms with Gasteiger partial charge in [-0.3, -0.25) is 4.79 Å². The molecule has 1 saturated heterocycles. The predicted molar refractivity (Wildman–Crippen MR) is 154 cm³/mol. The second-order valence-electron chi connectivity index (χ2n) is 10.9. The number of methoxy groups -OCH3 is 2. The summed E-state index contributed by atoms with van der Waals surface area (Å²) in [7, 11) is 3.18. The lowest BCUT2D eigenvalue weighted by Crippen LogP contribution is -2.51. The van der Waals surface area contributed by atoms with E-state index in [1.54, 1.807) is 37.4 Å². The first-order valence-electron chi connectivity index (χ1n) is 13.3. The number of nitrogens with zero attached hydrogens (tertiary/aromatic N) is 5. The molecule has 0 spiro atoms. The van der Waals surface area contributed by atoms with Crippen LogP contribution in [-0.2, 0) is 11.3 Å². The highest BCUT2D eigenvalue weighted by Crippen LogP contribution is 2.33. The van der Waals surface area contributed by atoms with Gasteiger partial charge in [-0.1, -0.05) is 26.8 Å². The summed E-state index contributed by atoms with van der Waals surface area (Å²) in [6, 6.07) is 13.4. The first-order chi connectivity index (χ1) is 19.1. The molecular weight excluding hydrogens is 510 g/mol. The zero-order valence-corrected chi connectivity index (χ0v) is 23.9. The van der Waals surface area contributed by atoms with Gasteiger partial charge in [-0.15, -0.1) is 0 Å². The average Bonchev–Trinajstić information content (AvgIpc) is 3.47. The van der Waals surface area contributed by atoms with Gasteiger partial charge in [0.05, 0.1) is 20.8 Å². The molecule has 0 radical (unpaired) electrons. The van der Waals surface area contributed by atoms with Crippen LogP contribution in [0.25, 0.3) is 6.08 Å². The molecule has 0 bridgehead atoms. The van der Waals surface area contributed by atoms with Crippen LogP contribution in [0.15, 0.2) is 61.2 Å². The van der Waals surface area contributed by atoms with Crippen LogP contribution in [0.4, 0.5) is 5.69 Å². The van der Waals surface area contributed by atoms with E-state index in [0.717, 1.165) is 24.3 Å². The number of carbonyl (C=O) groups is 1. The fourth-order valence-electron chi connectivity index (χ4n) is 4.45. The monoisotopic (exact) mass is 549 g/mol. The summed E-state index contributed by atoms with van der Waals surface area (Å²) < 4.78 is 18.2. The lowest BCUT2D eigenvalue weighted by atomic mass is 9.77. The Morgan fingerprint density at radius 2 is 1.70 bits per heavy atom. The van der Waals surface area contributed by atoms with Crippen molar-refractivity contribution in [2.75, 3.05) is 51.9 Å². The van der Waals surface area contributed by atoms with E-state index in [1.165, 1.54) is 6.33 Å². The number of anilines is 1. The Labute approximate surface area is 235 Å². The molecule has 1 aromatic heterocycles. The molecule has 40 heavy (non-hydrogen) atoms. The summed E-state index contributed by atoms with van der Waals surface area (Å²) in [5.41, 5.74) is 0.350. The molecular formula is C30H39N5O5. The third kappa shape index (κ3) is 6.93. The molecule has 1 N–H and O–H groups in total. The second-order valence-corrected chi connectivity index (χ2v) is 10.9. The lowest BCUT2D eigenvalue weighted by molar-refractivity contribution is -0.126. The molecule has 0 aliphatic carbocycles. The normalized spacial score (nSPS) is 15.7. The number of piperazine rings is 1. The van der Waals surface area contributed by atoms with Crippen molar-refractivity contribution in [2.24, 2.45) is 5.41 Å². The second kappa shape index (κ2) is 12.4. The molecule has 1 aliphatic rings. The van der Waals surface area contributed by atoms with Gasteiger partial charge in [0.1, 0.15) is 30.6 Å². The van der Waals surface area contributed by atoms with Gasteiger partial charge in [-0.25, -0.2) is 9.67 Å². The van der Waals surface area contributed by atoms with Crippen molar-refractivity contribution in [2.45, 2.75) is 32.9 Å². The van der Waals surface area contributed by atoms with Crippen molar-refractivity contribution >= 4 is 17.7 Å². The van der Waals surface area contributed by atoms with E-state index in [0.29, 0.717) is 30.3 Å². The van der Waals surface area contributed by atoms with Crippen LogP contribution in [0.1, 0.15) is 26.3 Å². The predicted octanol–water partition coefficient (Wildman–Crippen LogP) is 3.51. The number of ether oxygens (including phenoxy) is 3. The largest absolute Gasteiger partial charge is 0.493 e. The van der Waals surface area contributed by atoms with Gasteiger partial charge < -0.3 is 29.1 Å². The van der Waals surface area contributed by atoms with E-state index in [1.807, 2.05) is 68.1 Å². The van der Waals surface area contributed by atoms with Crippen LogP contribution in [0.2, 0.25) is 0 Å². The standard InChI is InChI=1S/C30H39N5O5/c1-29(2,3)30(37,19-35-22-31-21-32-35)20-40-25-10-8-24(9-11-25)33-14-16-34(17-15-33)28(36)13-7-23-6-12-26(38-4)27(18-23)39-5/h6-13,18,21-22,37H,14-17,19-20H2,1-5H3/b13-7+. The van der Waals surface area contributed by atoms with Gasteiger partial charge in [0.15, 0.2) is 11.5 Å². The van der Waals surface area contributed by atoms with Gasteiger partial charge >= 0.3 is 0 Å². The molecule has 1 atom stereocenters. The smallest absolute Gasteiger partial charge is 0.246 e. The molecule has 1 amide bonds. The van der Waals surface area contributed by atoms with Crippen LogP contribution in [0.5, 0.6) is 17.2 Å². The molecule has 2 heterocycles. The van der Waals surface area contributed by atoms with E-state index in [9.17, 15) is 9.90 Å². The minimum atomic E-state index is -1.14. The third-order valence-corrected chi connectivity index (χ3v) is 7.38. The number of amides is 1. The summed E-state index contributed by atoms with van der Waals surface area (Å²) in [5, 5.41) is 15.5. The maximum Gasteiger partial charge on any atom is 0.246 e. The van der Waals surface area contributed by atoms with Crippen molar-refractivity contribution in [3.05, 3.63) is 66.8 Å². The summed E-state index contributed by atoms with van der Waals surface area (Å²) in [6.07, 6.45) is 6.44. The van der Waals surface area contributed by atoms with Crippen LogP contribution in [0, 0.1) is 5.41 Å². The molecule has 2 aromatic carbocycles. The SMILES string of the molecule is COc1ccc(/C=C/C(=O)N2CCN(c3ccc(OCC(O)(Cn4cncn4)C(C)(C)C)cc3)CC2)cc1OC. The molecule has 1 aliphatic heterocycles. The quantitative estimate of drug-likeness (QED) is 0.384. The van der Waals surface area contributed by atoms with Crippen molar-refractivity contribution in [1.29, 1.82) is 0 Å². The summed E-state index contributed by atoms with van der Waals surface area (Å²) >= 11 is 0. The molecule has 4 rings (SSSR count). The van der Waals surface area contributed by atoms with Crippen molar-refractivity contribution in [3.63, 3.8) is 0 Å². The van der Waals surface area contributed by atoms with E-state index in [4.69, 9.17) is 14.2 Å². The lowest BCUT2D eigenvalue weighted by Gasteiger charge is -2.39. The van der Waals surface area contributed by atoms with Crippen molar-refractivity contribution in [3.8, 4) is 17.2 Å². The van der Waals surface area contributed by atoms with Gasteiger partial charge in [-0.2, -0.15) is 5.10 Å². The summed E-state index contributed by atoms with van der Waals surface area (Å²) in [6.45, 7) is 9.07. The summed E-state index contributed by atoms with van der Waals surface area (Å²) in [5.74, 6) is 1.93. The van der Waals surface area contributed by atoms with Gasteiger partial charge in [0.2, 0.25) is 5.91 Å². The van der Waals surface area contributed by atoms with Crippen molar-refractivity contribution in [1.82, 2.24) is 19.7 Å². The van der Waals surface area contributed by atoms with Crippen molar-refractivity contribution < 1.29 is 24.1 Å². The minimum Gasteiger partial charge on any atom is -0.493 e. The highest BCUT2D eigenvalue weighted by Gasteiger charge is 2.41. The number of hydrogen-bond acceptors (Lipinski definition) is 8. The summed E-state index contributed by atoms with van der Waals surface area (Å²) in [4.78, 5) is 20.9. The van der Waals surface area contributed by atoms with E-state index in [-0.39, 0.29) is 19.1 Å². The Balaban J connectivity index is 1.29. The molecule has 0 saturated carbocycles. The van der Waals surface area contributed by atoms with Crippen LogP contribution in [-0.4, -0.2) is 83.3 Å². The molecule has 1 unspecified atom stereocenters. The number of aliphatic hydroxyl groups is 1. The highest BCUT2D eigenvalue weighted by atomic mass is 16.5. The molecule has 10 nitrogen and oxygen atoms in total. The number of hydrogen-bond donors (Lipinski definition) is 1. The maximum absolute atomic E-state index is 12.8. The van der Waals surface area contributed by atoms with Gasteiger partial charge in [0.25, 0.3) is 0 Å². The number of rotatable bonds is 10. The highest BCUT2D eigenvalue weighted by molar-refractivity contribution is 5.92. The number of carbonyl (C=O) groups excluding carboxylic acids is 1. The molecule has 10 heteroatoms. The fourth-order valence-corrected chi connectivity index (χ4v) is 4.45. The first kappa shape index (κ1) is 28.9. The minimum absolute atomic E-state index is 0.0181. The Bertz CT molecular complexity index is 1280. The number of benzene rings is 2. The van der Waals surface area contributed by atoms with E-state index in [2.05, 4.69) is 15.0 Å². The Morgan fingerprint density at radius 1 is 1.00 bits per heavy atom. The molecule has 1 fully saturated rings. The Kier molecular flexibility index (Phi) is 8.99. The maximum atomic E-state index is 12.8. The third-order valence-electron chi connectivity index (χ3n) is 7.38. The number of aromatic nitrogens is 3. The first-order valence-corrected chi connectivity index (χ1v) is 13.3. The Hall–Kier alpha value is -4.05. The van der Waals surface area contributed by atoms with Gasteiger partial charge in [-0.05, 0) is 53.5 Å². The molecule has 3 aromatic rings. The van der Waals surface area contributed by atoms with Crippen LogP contribution < -0.4 is 19.1 Å². The van der Waals surface area contributed by atoms with E-state index >= 15 is 0 Å². The topological polar surface area (TPSA) is 102 Å². The fraction of sp³-hybridized carbons (Fsp3) is 0.433. The van der Waals surface area contributed by atoms with E-state index < -0.39 is 11.0 Å². The van der Waals surface area contributed by atoms with Crippen LogP contribution in [0.3, 0.4) is 0 Å². The van der Waals surface area contributed by atoms with Crippen LogP contribution >= 0.6 is 0 Å². The zero-order valence-electron chi connectivity index (χ0n) is 23.9. The zero-order chi connectivity index (χ0) is 28.8. The Morgan fingerprint density at radius 3 is 2.30 bits per heavy atom.